The first-order chi connectivity index (χ1) is 6.29. The van der Waals surface area contributed by atoms with E-state index >= 15 is 0 Å². The van der Waals surface area contributed by atoms with Crippen LogP contribution >= 0.6 is 0 Å². The van der Waals surface area contributed by atoms with Crippen LogP contribution in [0.4, 0.5) is 0 Å². The highest BCUT2D eigenvalue weighted by molar-refractivity contribution is 6.01. The first-order valence-corrected chi connectivity index (χ1v) is 3.74. The molecule has 1 aromatic rings. The number of carbonyl (C=O) groups excluding carboxylic acids is 1. The molecule has 1 aromatic carbocycles. The number of ketones is 1. The summed E-state index contributed by atoms with van der Waals surface area (Å²) in [5.74, 6) is 4.71. The standard InChI is InChI=1S/C9H9N3O/c10-6-8(12-11)9(13)7-4-2-1-3-5-7/h1-5,8,12H,11H2. The minimum absolute atomic E-state index is 0.314. The van der Waals surface area contributed by atoms with Gasteiger partial charge in [-0.15, -0.1) is 0 Å². The van der Waals surface area contributed by atoms with Gasteiger partial charge in [-0.1, -0.05) is 30.3 Å². The van der Waals surface area contributed by atoms with Crippen molar-refractivity contribution in [2.45, 2.75) is 6.04 Å². The molecular formula is C9H9N3O. The topological polar surface area (TPSA) is 78.9 Å². The Morgan fingerprint density at radius 3 is 2.54 bits per heavy atom. The lowest BCUT2D eigenvalue weighted by Crippen LogP contribution is -2.40. The lowest BCUT2D eigenvalue weighted by atomic mass is 10.1. The molecule has 1 unspecified atom stereocenters. The van der Waals surface area contributed by atoms with Crippen molar-refractivity contribution < 1.29 is 4.79 Å². The van der Waals surface area contributed by atoms with Crippen LogP contribution in [0, 0.1) is 11.3 Å². The molecule has 0 aromatic heterocycles. The monoisotopic (exact) mass is 175 g/mol. The van der Waals surface area contributed by atoms with Gasteiger partial charge in [0, 0.05) is 5.56 Å². The average Bonchev–Trinajstić information content (AvgIpc) is 2.21. The predicted molar refractivity (Wildman–Crippen MR) is 47.5 cm³/mol. The molecule has 1 rings (SSSR count). The van der Waals surface area contributed by atoms with Crippen molar-refractivity contribution in [2.75, 3.05) is 0 Å². The molecule has 13 heavy (non-hydrogen) atoms. The summed E-state index contributed by atoms with van der Waals surface area (Å²) >= 11 is 0. The summed E-state index contributed by atoms with van der Waals surface area (Å²) in [5.41, 5.74) is 2.62. The van der Waals surface area contributed by atoms with E-state index in [0.717, 1.165) is 0 Å². The van der Waals surface area contributed by atoms with Crippen LogP contribution in [0.2, 0.25) is 0 Å². The van der Waals surface area contributed by atoms with E-state index < -0.39 is 6.04 Å². The minimum atomic E-state index is -0.970. The van der Waals surface area contributed by atoms with Crippen molar-refractivity contribution in [3.05, 3.63) is 35.9 Å². The molecule has 0 spiro atoms. The van der Waals surface area contributed by atoms with E-state index in [9.17, 15) is 4.79 Å². The van der Waals surface area contributed by atoms with Gasteiger partial charge >= 0.3 is 0 Å². The Balaban J connectivity index is 2.86. The van der Waals surface area contributed by atoms with E-state index in [2.05, 4.69) is 5.43 Å². The van der Waals surface area contributed by atoms with Crippen molar-refractivity contribution in [1.82, 2.24) is 5.43 Å². The Morgan fingerprint density at radius 2 is 2.08 bits per heavy atom. The van der Waals surface area contributed by atoms with E-state index in [1.54, 1.807) is 36.4 Å². The van der Waals surface area contributed by atoms with Crippen LogP contribution < -0.4 is 11.3 Å². The van der Waals surface area contributed by atoms with Crippen molar-refractivity contribution in [3.63, 3.8) is 0 Å². The van der Waals surface area contributed by atoms with Gasteiger partial charge < -0.3 is 0 Å². The molecule has 1 atom stereocenters. The van der Waals surface area contributed by atoms with Crippen molar-refractivity contribution in [1.29, 1.82) is 5.26 Å². The van der Waals surface area contributed by atoms with E-state index in [0.29, 0.717) is 5.56 Å². The number of hydrogen-bond donors (Lipinski definition) is 2. The molecule has 0 bridgehead atoms. The van der Waals surface area contributed by atoms with Crippen molar-refractivity contribution >= 4 is 5.78 Å². The fourth-order valence-electron chi connectivity index (χ4n) is 0.941. The Labute approximate surface area is 75.9 Å². The lowest BCUT2D eigenvalue weighted by molar-refractivity contribution is 0.0966. The van der Waals surface area contributed by atoms with Crippen molar-refractivity contribution in [3.8, 4) is 6.07 Å². The second-order valence-corrected chi connectivity index (χ2v) is 2.46. The Hall–Kier alpha value is -1.70. The number of Topliss-reactive ketones (excluding diaryl/α,β-unsaturated/α-hetero) is 1. The SMILES string of the molecule is N#CC(NN)C(=O)c1ccccc1. The molecule has 66 valence electrons. The number of carbonyl (C=O) groups is 1. The summed E-state index contributed by atoms with van der Waals surface area (Å²) in [6, 6.07) is 9.35. The molecular weight excluding hydrogens is 166 g/mol. The van der Waals surface area contributed by atoms with Gasteiger partial charge in [-0.3, -0.25) is 10.6 Å². The first-order valence-electron chi connectivity index (χ1n) is 3.74. The molecule has 0 saturated carbocycles. The van der Waals surface area contributed by atoms with Crippen LogP contribution in [-0.2, 0) is 0 Å². The highest BCUT2D eigenvalue weighted by atomic mass is 16.1. The number of hydrazine groups is 1. The summed E-state index contributed by atoms with van der Waals surface area (Å²) in [6.07, 6.45) is 0. The number of rotatable bonds is 3. The van der Waals surface area contributed by atoms with Gasteiger partial charge in [0.25, 0.3) is 0 Å². The van der Waals surface area contributed by atoms with Crippen LogP contribution in [0.5, 0.6) is 0 Å². The summed E-state index contributed by atoms with van der Waals surface area (Å²) in [4.78, 5) is 11.4. The highest BCUT2D eigenvalue weighted by Crippen LogP contribution is 2.02. The molecule has 4 heteroatoms. The summed E-state index contributed by atoms with van der Waals surface area (Å²) in [6.45, 7) is 0. The predicted octanol–water partition coefficient (Wildman–Crippen LogP) is 0.225. The van der Waals surface area contributed by atoms with Gasteiger partial charge in [-0.25, -0.2) is 5.43 Å². The Morgan fingerprint density at radius 1 is 1.46 bits per heavy atom. The number of hydrogen-bond acceptors (Lipinski definition) is 4. The third kappa shape index (κ3) is 2.12. The van der Waals surface area contributed by atoms with E-state index in [1.165, 1.54) is 0 Å². The van der Waals surface area contributed by atoms with E-state index in [-0.39, 0.29) is 5.78 Å². The molecule has 0 aliphatic heterocycles. The van der Waals surface area contributed by atoms with Gasteiger partial charge in [0.15, 0.2) is 11.8 Å². The minimum Gasteiger partial charge on any atom is -0.291 e. The maximum atomic E-state index is 11.4. The third-order valence-corrected chi connectivity index (χ3v) is 1.62. The summed E-state index contributed by atoms with van der Waals surface area (Å²) in [7, 11) is 0. The molecule has 4 nitrogen and oxygen atoms in total. The second kappa shape index (κ2) is 4.36. The lowest BCUT2D eigenvalue weighted by Gasteiger charge is -2.05. The molecule has 0 saturated heterocycles. The summed E-state index contributed by atoms with van der Waals surface area (Å²) < 4.78 is 0. The van der Waals surface area contributed by atoms with E-state index in [1.807, 2.05) is 0 Å². The Kier molecular flexibility index (Phi) is 3.15. The van der Waals surface area contributed by atoms with Gasteiger partial charge in [0.1, 0.15) is 0 Å². The fraction of sp³-hybridized carbons (Fsp3) is 0.111. The zero-order chi connectivity index (χ0) is 9.68. The first kappa shape index (κ1) is 9.39. The largest absolute Gasteiger partial charge is 0.291 e. The number of nitriles is 1. The number of nitrogens with two attached hydrogens (primary N) is 1. The fourth-order valence-corrected chi connectivity index (χ4v) is 0.941. The van der Waals surface area contributed by atoms with E-state index in [4.69, 9.17) is 11.1 Å². The van der Waals surface area contributed by atoms with Crippen molar-refractivity contribution in [2.24, 2.45) is 5.84 Å². The van der Waals surface area contributed by atoms with Gasteiger partial charge in [-0.2, -0.15) is 5.26 Å². The molecule has 0 heterocycles. The van der Waals surface area contributed by atoms with Crippen LogP contribution in [0.25, 0.3) is 0 Å². The van der Waals surface area contributed by atoms with Gasteiger partial charge in [0.05, 0.1) is 6.07 Å². The maximum Gasteiger partial charge on any atom is 0.195 e. The number of benzene rings is 1. The zero-order valence-electron chi connectivity index (χ0n) is 6.90. The molecule has 0 fully saturated rings. The number of nitrogens with zero attached hydrogens (tertiary/aromatic N) is 1. The zero-order valence-corrected chi connectivity index (χ0v) is 6.90. The molecule has 3 N–H and O–H groups in total. The van der Waals surface area contributed by atoms with Gasteiger partial charge in [0.2, 0.25) is 0 Å². The van der Waals surface area contributed by atoms with Crippen LogP contribution in [0.1, 0.15) is 10.4 Å². The maximum absolute atomic E-state index is 11.4. The highest BCUT2D eigenvalue weighted by Gasteiger charge is 2.16. The summed E-state index contributed by atoms with van der Waals surface area (Å²) in [5, 5.41) is 8.54. The van der Waals surface area contributed by atoms with Crippen LogP contribution in [0.15, 0.2) is 30.3 Å². The third-order valence-electron chi connectivity index (χ3n) is 1.62. The normalized spacial score (nSPS) is 11.7. The molecule has 0 radical (unpaired) electrons. The molecule has 0 aliphatic carbocycles. The number of nitrogens with one attached hydrogen (secondary N) is 1. The molecule has 0 aliphatic rings. The van der Waals surface area contributed by atoms with Gasteiger partial charge in [-0.05, 0) is 0 Å². The van der Waals surface area contributed by atoms with Crippen LogP contribution in [0.3, 0.4) is 0 Å². The smallest absolute Gasteiger partial charge is 0.195 e. The quantitative estimate of drug-likeness (QED) is 0.391. The average molecular weight is 175 g/mol. The molecule has 0 amide bonds. The second-order valence-electron chi connectivity index (χ2n) is 2.46. The Bertz CT molecular complexity index is 328. The van der Waals surface area contributed by atoms with Crippen LogP contribution in [-0.4, -0.2) is 11.8 Å².